The van der Waals surface area contributed by atoms with E-state index < -0.39 is 19.8 Å². The maximum atomic E-state index is 13.0. The fourth-order valence-electron chi connectivity index (χ4n) is 3.13. The highest BCUT2D eigenvalue weighted by atomic mass is 31.1. The number of Topliss-reactive ketones (excluding diaryl/α,β-unsaturated/α-hetero) is 2. The second kappa shape index (κ2) is 13.5. The van der Waals surface area contributed by atoms with E-state index in [0.717, 1.165) is 5.56 Å². The Kier molecular flexibility index (Phi) is 11.7. The summed E-state index contributed by atoms with van der Waals surface area (Å²) in [5.41, 5.74) is 6.25. The summed E-state index contributed by atoms with van der Waals surface area (Å²) in [4.78, 5) is 49.4. The Morgan fingerprint density at radius 2 is 1.73 bits per heavy atom. The van der Waals surface area contributed by atoms with E-state index in [1.54, 1.807) is 6.66 Å². The maximum absolute atomic E-state index is 13.0. The van der Waals surface area contributed by atoms with Crippen molar-refractivity contribution < 1.29 is 19.2 Å². The molecule has 8 heteroatoms. The Labute approximate surface area is 181 Å². The van der Waals surface area contributed by atoms with Gasteiger partial charge in [-0.2, -0.15) is 0 Å². The van der Waals surface area contributed by atoms with Crippen molar-refractivity contribution in [3.63, 3.8) is 0 Å². The summed E-state index contributed by atoms with van der Waals surface area (Å²) in [5.74, 6) is -1.18. The van der Waals surface area contributed by atoms with Crippen LogP contribution in [0.2, 0.25) is 0 Å². The average molecular weight is 430 g/mol. The number of carbonyl (C=O) groups excluding carboxylic acids is 4. The Morgan fingerprint density at radius 3 is 2.27 bits per heavy atom. The maximum Gasteiger partial charge on any atom is 0.224 e. The molecule has 3 unspecified atom stereocenters. The van der Waals surface area contributed by atoms with Crippen LogP contribution >= 0.6 is 7.80 Å². The standard InChI is InChI=1S/C22H32BN2O4P/c1-15(2)11-19(20(27)9-10-21(28)30(3)23)25-22(29)17(13-18(26)14-24)12-16-7-5-4-6-8-16/h4-8,15,17,19H,9-14,24H2,1-3H3,(H,25,29). The topological polar surface area (TPSA) is 106 Å². The van der Waals surface area contributed by atoms with Crippen molar-refractivity contribution in [2.24, 2.45) is 17.6 Å². The van der Waals surface area contributed by atoms with Gasteiger partial charge in [0.1, 0.15) is 18.9 Å². The predicted octanol–water partition coefficient (Wildman–Crippen LogP) is 2.37. The Balaban J connectivity index is 2.90. The Hall–Kier alpha value is -1.85. The highest BCUT2D eigenvalue weighted by Crippen LogP contribution is 2.27. The molecule has 0 aliphatic heterocycles. The van der Waals surface area contributed by atoms with Gasteiger partial charge in [-0.3, -0.25) is 19.2 Å². The molecule has 0 saturated carbocycles. The Morgan fingerprint density at radius 1 is 1.10 bits per heavy atom. The zero-order chi connectivity index (χ0) is 22.7. The van der Waals surface area contributed by atoms with Crippen molar-refractivity contribution in [3.8, 4) is 0 Å². The van der Waals surface area contributed by atoms with Gasteiger partial charge < -0.3 is 11.1 Å². The van der Waals surface area contributed by atoms with Crippen LogP contribution in [0.4, 0.5) is 0 Å². The van der Waals surface area contributed by atoms with Crippen molar-refractivity contribution in [1.29, 1.82) is 0 Å². The van der Waals surface area contributed by atoms with Crippen molar-refractivity contribution in [3.05, 3.63) is 35.9 Å². The SMILES string of the molecule is [B]P(C)C(=O)CCC(=O)C(CC(C)C)NC(=O)C(CC(=O)CN)Cc1ccccc1. The van der Waals surface area contributed by atoms with E-state index in [0.29, 0.717) is 12.8 Å². The van der Waals surface area contributed by atoms with Crippen LogP contribution in [-0.4, -0.2) is 49.8 Å². The number of carbonyl (C=O) groups is 4. The summed E-state index contributed by atoms with van der Waals surface area (Å²) >= 11 is 0. The van der Waals surface area contributed by atoms with Crippen LogP contribution in [0.1, 0.15) is 45.1 Å². The number of hydrogen-bond donors (Lipinski definition) is 2. The summed E-state index contributed by atoms with van der Waals surface area (Å²) in [7, 11) is 4.40. The molecule has 3 N–H and O–H groups in total. The molecule has 0 bridgehead atoms. The van der Waals surface area contributed by atoms with Gasteiger partial charge in [-0.25, -0.2) is 0 Å². The second-order valence-corrected chi connectivity index (χ2v) is 9.72. The fourth-order valence-corrected chi connectivity index (χ4v) is 3.59. The molecule has 0 fully saturated rings. The first-order valence-electron chi connectivity index (χ1n) is 10.2. The van der Waals surface area contributed by atoms with Gasteiger partial charge >= 0.3 is 0 Å². The summed E-state index contributed by atoms with van der Waals surface area (Å²) < 4.78 is 0. The highest BCUT2D eigenvalue weighted by Gasteiger charge is 2.28. The number of amides is 1. The van der Waals surface area contributed by atoms with E-state index >= 15 is 0 Å². The van der Waals surface area contributed by atoms with E-state index in [-0.39, 0.29) is 54.7 Å². The van der Waals surface area contributed by atoms with Crippen LogP contribution in [0.3, 0.4) is 0 Å². The molecule has 0 aromatic heterocycles. The largest absolute Gasteiger partial charge is 0.346 e. The number of nitrogens with two attached hydrogens (primary N) is 1. The molecule has 162 valence electrons. The van der Waals surface area contributed by atoms with Crippen LogP contribution in [-0.2, 0) is 25.6 Å². The van der Waals surface area contributed by atoms with Gasteiger partial charge in [0.25, 0.3) is 0 Å². The van der Waals surface area contributed by atoms with Gasteiger partial charge in [0.05, 0.1) is 12.6 Å². The molecule has 0 aliphatic rings. The van der Waals surface area contributed by atoms with E-state index in [1.165, 1.54) is 0 Å². The lowest BCUT2D eigenvalue weighted by Gasteiger charge is -2.23. The predicted molar refractivity (Wildman–Crippen MR) is 122 cm³/mol. The molecule has 2 radical (unpaired) electrons. The van der Waals surface area contributed by atoms with Gasteiger partial charge in [0, 0.05) is 25.2 Å². The molecule has 1 amide bonds. The van der Waals surface area contributed by atoms with Crippen LogP contribution in [0.5, 0.6) is 0 Å². The quantitative estimate of drug-likeness (QED) is 0.348. The van der Waals surface area contributed by atoms with Gasteiger partial charge in [-0.05, 0) is 31.0 Å². The van der Waals surface area contributed by atoms with Crippen LogP contribution in [0.15, 0.2) is 30.3 Å². The van der Waals surface area contributed by atoms with Gasteiger partial charge in [0.2, 0.25) is 5.91 Å². The minimum atomic E-state index is -1.22. The zero-order valence-corrected chi connectivity index (χ0v) is 19.0. The molecule has 3 atom stereocenters. The molecule has 1 aromatic carbocycles. The van der Waals surface area contributed by atoms with Crippen molar-refractivity contribution in [1.82, 2.24) is 5.32 Å². The number of benzene rings is 1. The fraction of sp³-hybridized carbons (Fsp3) is 0.545. The summed E-state index contributed by atoms with van der Waals surface area (Å²) in [6.45, 7) is 5.44. The number of ketones is 2. The molecule has 0 aliphatic carbocycles. The van der Waals surface area contributed by atoms with Crippen LogP contribution in [0.25, 0.3) is 0 Å². The lowest BCUT2D eigenvalue weighted by molar-refractivity contribution is -0.132. The summed E-state index contributed by atoms with van der Waals surface area (Å²) in [6.07, 6.45) is 0.996. The van der Waals surface area contributed by atoms with Gasteiger partial charge in [-0.1, -0.05) is 52.0 Å². The first-order chi connectivity index (χ1) is 14.1. The van der Waals surface area contributed by atoms with E-state index in [1.807, 2.05) is 44.2 Å². The molecule has 0 heterocycles. The van der Waals surface area contributed by atoms with Crippen molar-refractivity contribution in [2.45, 2.75) is 52.0 Å². The van der Waals surface area contributed by atoms with Gasteiger partial charge in [-0.15, -0.1) is 0 Å². The van der Waals surface area contributed by atoms with E-state index in [4.69, 9.17) is 13.3 Å². The zero-order valence-electron chi connectivity index (χ0n) is 18.1. The Bertz CT molecular complexity index is 725. The third-order valence-corrected chi connectivity index (χ3v) is 5.80. The van der Waals surface area contributed by atoms with Gasteiger partial charge in [0.15, 0.2) is 5.78 Å². The number of hydrogen-bond acceptors (Lipinski definition) is 5. The minimum absolute atomic E-state index is 0.0194. The molecular weight excluding hydrogens is 398 g/mol. The monoisotopic (exact) mass is 430 g/mol. The molecule has 30 heavy (non-hydrogen) atoms. The highest BCUT2D eigenvalue weighted by molar-refractivity contribution is 7.94. The molecule has 0 saturated heterocycles. The number of rotatable bonds is 14. The smallest absolute Gasteiger partial charge is 0.224 e. The molecular formula is C22H32BN2O4P. The molecule has 1 aromatic rings. The third-order valence-electron chi connectivity index (χ3n) is 4.79. The first-order valence-corrected chi connectivity index (χ1v) is 12.1. The molecule has 6 nitrogen and oxygen atoms in total. The van der Waals surface area contributed by atoms with E-state index in [9.17, 15) is 19.2 Å². The average Bonchev–Trinajstić information content (AvgIpc) is 2.70. The van der Waals surface area contributed by atoms with Crippen LogP contribution in [0, 0.1) is 11.8 Å². The van der Waals surface area contributed by atoms with E-state index in [2.05, 4.69) is 5.32 Å². The first kappa shape index (κ1) is 26.2. The minimum Gasteiger partial charge on any atom is -0.346 e. The summed E-state index contributed by atoms with van der Waals surface area (Å²) in [6, 6.07) is 8.72. The van der Waals surface area contributed by atoms with Crippen molar-refractivity contribution in [2.75, 3.05) is 13.2 Å². The third kappa shape index (κ3) is 9.77. The summed E-state index contributed by atoms with van der Waals surface area (Å²) in [5, 5.41) is 2.83. The van der Waals surface area contributed by atoms with Crippen LogP contribution < -0.4 is 11.1 Å². The molecule has 1 rings (SSSR count). The lowest BCUT2D eigenvalue weighted by Crippen LogP contribution is -2.45. The second-order valence-electron chi connectivity index (χ2n) is 8.00. The normalized spacial score (nSPS) is 14.0. The lowest BCUT2D eigenvalue weighted by atomic mass is 9.91. The van der Waals surface area contributed by atoms with Crippen molar-refractivity contribution >= 4 is 38.4 Å². The number of nitrogens with one attached hydrogen (secondary N) is 1. The molecule has 0 spiro atoms.